The smallest absolute Gasteiger partial charge is 0.204 e. The van der Waals surface area contributed by atoms with Crippen LogP contribution in [-0.2, 0) is 4.74 Å². The highest BCUT2D eigenvalue weighted by atomic mass is 32.1. The Morgan fingerprint density at radius 1 is 1.25 bits per heavy atom. The highest BCUT2D eigenvalue weighted by Crippen LogP contribution is 2.29. The van der Waals surface area contributed by atoms with Crippen LogP contribution in [0.3, 0.4) is 0 Å². The average Bonchev–Trinajstić information content (AvgIpc) is 3.03. The number of benzene rings is 1. The molecule has 0 atom stereocenters. The first kappa shape index (κ1) is 16.4. The fourth-order valence-electron chi connectivity index (χ4n) is 2.05. The van der Waals surface area contributed by atoms with Crippen molar-refractivity contribution >= 4 is 32.4 Å². The number of hydrogen-bond donors (Lipinski definition) is 1. The van der Waals surface area contributed by atoms with E-state index in [1.165, 1.54) is 0 Å². The number of anilines is 1. The Bertz CT molecular complexity index is 833. The summed E-state index contributed by atoms with van der Waals surface area (Å²) in [7, 11) is 1.65. The molecule has 0 saturated carbocycles. The van der Waals surface area contributed by atoms with Crippen LogP contribution in [0, 0.1) is 0 Å². The van der Waals surface area contributed by atoms with E-state index in [0.717, 1.165) is 32.5 Å². The van der Waals surface area contributed by atoms with E-state index in [-0.39, 0.29) is 0 Å². The number of ether oxygens (including phenoxy) is 2. The van der Waals surface area contributed by atoms with Crippen LogP contribution in [-0.4, -0.2) is 36.0 Å². The molecule has 3 rings (SSSR count). The molecule has 2 heterocycles. The minimum atomic E-state index is 0.519. The molecule has 0 aliphatic rings. The zero-order valence-electron chi connectivity index (χ0n) is 13.5. The quantitative estimate of drug-likeness (QED) is 0.404. The molecule has 1 aromatic carbocycles. The number of thiazole rings is 1. The third kappa shape index (κ3) is 4.06. The van der Waals surface area contributed by atoms with Gasteiger partial charge in [0.25, 0.3) is 0 Å². The molecule has 0 saturated heterocycles. The average molecular weight is 342 g/mol. The van der Waals surface area contributed by atoms with E-state index in [1.54, 1.807) is 24.6 Å². The second-order valence-electron chi connectivity index (χ2n) is 5.01. The monoisotopic (exact) mass is 342 g/mol. The highest BCUT2D eigenvalue weighted by Gasteiger charge is 2.05. The van der Waals surface area contributed by atoms with Crippen molar-refractivity contribution in [2.24, 2.45) is 5.10 Å². The Hall–Kier alpha value is -2.51. The number of methoxy groups -OCH3 is 1. The maximum Gasteiger partial charge on any atom is 0.204 e. The summed E-state index contributed by atoms with van der Waals surface area (Å²) in [4.78, 5) is 8.80. The van der Waals surface area contributed by atoms with Crippen LogP contribution in [0.1, 0.15) is 12.6 Å². The van der Waals surface area contributed by atoms with E-state index in [4.69, 9.17) is 9.47 Å². The molecule has 0 aliphatic carbocycles. The Morgan fingerprint density at radius 2 is 2.17 bits per heavy atom. The number of fused-ring (bicyclic) bond motifs is 1. The zero-order valence-corrected chi connectivity index (χ0v) is 14.3. The maximum absolute atomic E-state index is 5.60. The molecule has 24 heavy (non-hydrogen) atoms. The molecule has 0 bridgehead atoms. The maximum atomic E-state index is 5.60. The van der Waals surface area contributed by atoms with E-state index in [0.29, 0.717) is 13.2 Å². The van der Waals surface area contributed by atoms with Gasteiger partial charge in [0.2, 0.25) is 5.13 Å². The number of hydrogen-bond acceptors (Lipinski definition) is 7. The SMILES string of the molecule is COCCOc1ccc2sc(N/N=C(\C)c3ccccn3)nc2c1. The minimum absolute atomic E-state index is 0.519. The Labute approximate surface area is 144 Å². The number of nitrogens with one attached hydrogen (secondary N) is 1. The van der Waals surface area contributed by atoms with Crippen LogP contribution in [0.25, 0.3) is 10.2 Å². The minimum Gasteiger partial charge on any atom is -0.491 e. The zero-order chi connectivity index (χ0) is 16.8. The molecule has 0 radical (unpaired) electrons. The number of rotatable bonds is 7. The van der Waals surface area contributed by atoms with Crippen LogP contribution < -0.4 is 10.2 Å². The molecule has 0 aliphatic heterocycles. The van der Waals surface area contributed by atoms with Crippen molar-refractivity contribution in [1.29, 1.82) is 0 Å². The van der Waals surface area contributed by atoms with Gasteiger partial charge >= 0.3 is 0 Å². The topological polar surface area (TPSA) is 68.6 Å². The number of nitrogens with zero attached hydrogens (tertiary/aromatic N) is 3. The van der Waals surface area contributed by atoms with E-state index in [9.17, 15) is 0 Å². The Balaban J connectivity index is 1.71. The van der Waals surface area contributed by atoms with Crippen LogP contribution >= 0.6 is 11.3 Å². The van der Waals surface area contributed by atoms with Gasteiger partial charge in [-0.1, -0.05) is 17.4 Å². The molecular formula is C17H18N4O2S. The van der Waals surface area contributed by atoms with Crippen molar-refractivity contribution in [3.8, 4) is 5.75 Å². The first-order valence-electron chi connectivity index (χ1n) is 7.50. The van der Waals surface area contributed by atoms with E-state index in [2.05, 4.69) is 20.5 Å². The fourth-order valence-corrected chi connectivity index (χ4v) is 2.84. The fraction of sp³-hybridized carbons (Fsp3) is 0.235. The largest absolute Gasteiger partial charge is 0.491 e. The molecule has 0 amide bonds. The highest BCUT2D eigenvalue weighted by molar-refractivity contribution is 7.22. The third-order valence-corrected chi connectivity index (χ3v) is 4.21. The number of pyridine rings is 1. The lowest BCUT2D eigenvalue weighted by atomic mass is 10.3. The standard InChI is InChI=1S/C17H18N4O2S/c1-12(14-5-3-4-8-18-14)20-21-17-19-15-11-13(23-10-9-22-2)6-7-16(15)24-17/h3-8,11H,9-10H2,1-2H3,(H,19,21)/b20-12+. The van der Waals surface area contributed by atoms with Gasteiger partial charge in [0, 0.05) is 19.4 Å². The molecule has 7 heteroatoms. The molecule has 0 spiro atoms. The molecule has 6 nitrogen and oxygen atoms in total. The second-order valence-corrected chi connectivity index (χ2v) is 6.04. The number of aromatic nitrogens is 2. The summed E-state index contributed by atoms with van der Waals surface area (Å²) in [6, 6.07) is 11.6. The molecule has 0 fully saturated rings. The van der Waals surface area contributed by atoms with Crippen molar-refractivity contribution in [3.63, 3.8) is 0 Å². The van der Waals surface area contributed by atoms with E-state index < -0.39 is 0 Å². The summed E-state index contributed by atoms with van der Waals surface area (Å²) < 4.78 is 11.7. The molecule has 0 unspecified atom stereocenters. The first-order chi connectivity index (χ1) is 11.8. The van der Waals surface area contributed by atoms with Crippen molar-refractivity contribution in [2.75, 3.05) is 25.7 Å². The summed E-state index contributed by atoms with van der Waals surface area (Å²) in [5, 5.41) is 5.08. The summed E-state index contributed by atoms with van der Waals surface area (Å²) in [6.45, 7) is 2.98. The summed E-state index contributed by atoms with van der Waals surface area (Å²) >= 11 is 1.54. The summed E-state index contributed by atoms with van der Waals surface area (Å²) in [5.41, 5.74) is 5.51. The van der Waals surface area contributed by atoms with Gasteiger partial charge in [-0.25, -0.2) is 4.98 Å². The van der Waals surface area contributed by atoms with Gasteiger partial charge in [-0.05, 0) is 31.2 Å². The van der Waals surface area contributed by atoms with Crippen LogP contribution in [0.15, 0.2) is 47.7 Å². The van der Waals surface area contributed by atoms with Crippen LogP contribution in [0.4, 0.5) is 5.13 Å². The van der Waals surface area contributed by atoms with Crippen molar-refractivity contribution in [2.45, 2.75) is 6.92 Å². The summed E-state index contributed by atoms with van der Waals surface area (Å²) in [6.07, 6.45) is 1.75. The van der Waals surface area contributed by atoms with E-state index >= 15 is 0 Å². The second kappa shape index (κ2) is 7.85. The summed E-state index contributed by atoms with van der Waals surface area (Å²) in [5.74, 6) is 0.782. The number of hydrazone groups is 1. The normalized spacial score (nSPS) is 11.7. The Kier molecular flexibility index (Phi) is 5.35. The van der Waals surface area contributed by atoms with Gasteiger partial charge in [0.1, 0.15) is 12.4 Å². The van der Waals surface area contributed by atoms with Crippen molar-refractivity contribution in [3.05, 3.63) is 48.3 Å². The van der Waals surface area contributed by atoms with Crippen molar-refractivity contribution < 1.29 is 9.47 Å². The van der Waals surface area contributed by atoms with Gasteiger partial charge in [-0.15, -0.1) is 0 Å². The molecule has 2 aromatic heterocycles. The third-order valence-electron chi connectivity index (χ3n) is 3.27. The van der Waals surface area contributed by atoms with Gasteiger partial charge in [0.05, 0.1) is 28.2 Å². The Morgan fingerprint density at radius 3 is 2.96 bits per heavy atom. The molecule has 1 N–H and O–H groups in total. The lowest BCUT2D eigenvalue weighted by Gasteiger charge is -2.04. The van der Waals surface area contributed by atoms with E-state index in [1.807, 2.05) is 43.3 Å². The molecule has 3 aromatic rings. The first-order valence-corrected chi connectivity index (χ1v) is 8.32. The van der Waals surface area contributed by atoms with Crippen LogP contribution in [0.5, 0.6) is 5.75 Å². The van der Waals surface area contributed by atoms with Crippen molar-refractivity contribution in [1.82, 2.24) is 9.97 Å². The molecular weight excluding hydrogens is 324 g/mol. The van der Waals surface area contributed by atoms with Gasteiger partial charge < -0.3 is 9.47 Å². The molecule has 124 valence electrons. The lowest BCUT2D eigenvalue weighted by molar-refractivity contribution is 0.146. The van der Waals surface area contributed by atoms with Crippen LogP contribution in [0.2, 0.25) is 0 Å². The predicted molar refractivity (Wildman–Crippen MR) is 97.1 cm³/mol. The van der Waals surface area contributed by atoms with Gasteiger partial charge in [-0.3, -0.25) is 10.4 Å². The van der Waals surface area contributed by atoms with Gasteiger partial charge in [-0.2, -0.15) is 5.10 Å². The van der Waals surface area contributed by atoms with Gasteiger partial charge in [0.15, 0.2) is 0 Å². The lowest BCUT2D eigenvalue weighted by Crippen LogP contribution is -2.03. The predicted octanol–water partition coefficient (Wildman–Crippen LogP) is 3.55.